The summed E-state index contributed by atoms with van der Waals surface area (Å²) in [6, 6.07) is 9.44. The quantitative estimate of drug-likeness (QED) is 0.371. The van der Waals surface area contributed by atoms with Crippen LogP contribution >= 0.6 is 0 Å². The standard InChI is InChI=1S/C26H30N4O6/c1-14(2)18-11-17(19(31)13-20(18)32)12-21-22(23(25(27)33)29-36-21)15-3-5-16(6-4-15)24(26(28)34)30-7-9-35-10-8-30/h3-6,11,13-14,24,31-32H,7-10,12H2,1-2H3,(H2,27,33)(H2,28,34). The maximum atomic E-state index is 12.3. The number of benzene rings is 2. The van der Waals surface area contributed by atoms with Crippen molar-refractivity contribution in [3.63, 3.8) is 0 Å². The molecule has 0 radical (unpaired) electrons. The van der Waals surface area contributed by atoms with Crippen LogP contribution in [-0.2, 0) is 16.0 Å². The molecule has 36 heavy (non-hydrogen) atoms. The lowest BCUT2D eigenvalue weighted by Crippen LogP contribution is -2.44. The van der Waals surface area contributed by atoms with E-state index >= 15 is 0 Å². The highest BCUT2D eigenvalue weighted by Crippen LogP contribution is 2.36. The number of phenolic OH excluding ortho intramolecular Hbond substituents is 2. The fraction of sp³-hybridized carbons (Fsp3) is 0.346. The lowest BCUT2D eigenvalue weighted by molar-refractivity contribution is -0.125. The molecule has 1 aromatic heterocycles. The van der Waals surface area contributed by atoms with E-state index in [2.05, 4.69) is 5.16 Å². The van der Waals surface area contributed by atoms with Gasteiger partial charge in [0.15, 0.2) is 5.69 Å². The first-order valence-electron chi connectivity index (χ1n) is 11.7. The number of ether oxygens (including phenoxy) is 1. The van der Waals surface area contributed by atoms with Gasteiger partial charge in [0.25, 0.3) is 5.91 Å². The van der Waals surface area contributed by atoms with Gasteiger partial charge in [-0.1, -0.05) is 43.3 Å². The van der Waals surface area contributed by atoms with E-state index in [0.29, 0.717) is 59.9 Å². The Morgan fingerprint density at radius 3 is 2.31 bits per heavy atom. The van der Waals surface area contributed by atoms with Gasteiger partial charge in [-0.3, -0.25) is 14.5 Å². The topological polar surface area (TPSA) is 165 Å². The number of carbonyl (C=O) groups is 2. The van der Waals surface area contributed by atoms with Gasteiger partial charge in [-0.25, -0.2) is 0 Å². The Kier molecular flexibility index (Phi) is 7.27. The number of phenols is 2. The van der Waals surface area contributed by atoms with Gasteiger partial charge in [-0.2, -0.15) is 0 Å². The van der Waals surface area contributed by atoms with E-state index < -0.39 is 17.9 Å². The predicted octanol–water partition coefficient (Wildman–Crippen LogP) is 2.42. The van der Waals surface area contributed by atoms with Crippen molar-refractivity contribution in [1.29, 1.82) is 0 Å². The van der Waals surface area contributed by atoms with Crippen LogP contribution in [0.5, 0.6) is 11.5 Å². The molecule has 4 rings (SSSR count). The van der Waals surface area contributed by atoms with Gasteiger partial charge in [0.1, 0.15) is 23.3 Å². The summed E-state index contributed by atoms with van der Waals surface area (Å²) in [7, 11) is 0. The molecule has 0 spiro atoms. The van der Waals surface area contributed by atoms with Crippen molar-refractivity contribution in [3.05, 3.63) is 64.5 Å². The maximum Gasteiger partial charge on any atom is 0.271 e. The molecule has 2 amide bonds. The van der Waals surface area contributed by atoms with Crippen LogP contribution in [0, 0.1) is 0 Å². The number of hydrogen-bond acceptors (Lipinski definition) is 8. The third-order valence-corrected chi connectivity index (χ3v) is 6.39. The molecule has 2 aromatic carbocycles. The smallest absolute Gasteiger partial charge is 0.271 e. The molecular formula is C26H30N4O6. The third-order valence-electron chi connectivity index (χ3n) is 6.39. The number of rotatable bonds is 8. The van der Waals surface area contributed by atoms with Crippen LogP contribution < -0.4 is 11.5 Å². The second-order valence-corrected chi connectivity index (χ2v) is 9.14. The molecule has 10 heteroatoms. The van der Waals surface area contributed by atoms with Crippen molar-refractivity contribution in [1.82, 2.24) is 10.1 Å². The van der Waals surface area contributed by atoms with Crippen LogP contribution in [0.4, 0.5) is 0 Å². The zero-order chi connectivity index (χ0) is 26.0. The van der Waals surface area contributed by atoms with Gasteiger partial charge < -0.3 is 30.9 Å². The molecule has 1 atom stereocenters. The van der Waals surface area contributed by atoms with Crippen LogP contribution in [0.2, 0.25) is 0 Å². The van der Waals surface area contributed by atoms with Crippen molar-refractivity contribution in [2.45, 2.75) is 32.2 Å². The predicted molar refractivity (Wildman–Crippen MR) is 131 cm³/mol. The lowest BCUT2D eigenvalue weighted by atomic mass is 9.94. The van der Waals surface area contributed by atoms with Gasteiger partial charge in [0.2, 0.25) is 5.91 Å². The largest absolute Gasteiger partial charge is 0.508 e. The van der Waals surface area contributed by atoms with Crippen molar-refractivity contribution >= 4 is 11.8 Å². The fourth-order valence-corrected chi connectivity index (χ4v) is 4.55. The van der Waals surface area contributed by atoms with Crippen LogP contribution in [0.1, 0.15) is 58.7 Å². The summed E-state index contributed by atoms with van der Waals surface area (Å²) in [4.78, 5) is 26.4. The molecule has 1 fully saturated rings. The van der Waals surface area contributed by atoms with Crippen LogP contribution in [0.15, 0.2) is 40.9 Å². The van der Waals surface area contributed by atoms with E-state index in [-0.39, 0.29) is 29.5 Å². The van der Waals surface area contributed by atoms with E-state index in [1.807, 2.05) is 18.7 Å². The van der Waals surface area contributed by atoms with Gasteiger partial charge in [0, 0.05) is 31.1 Å². The number of hydrogen-bond donors (Lipinski definition) is 4. The van der Waals surface area contributed by atoms with E-state index in [4.69, 9.17) is 20.7 Å². The van der Waals surface area contributed by atoms with Crippen LogP contribution in [0.25, 0.3) is 11.1 Å². The molecule has 10 nitrogen and oxygen atoms in total. The summed E-state index contributed by atoms with van der Waals surface area (Å²) in [6.07, 6.45) is 0.112. The average molecular weight is 495 g/mol. The zero-order valence-electron chi connectivity index (χ0n) is 20.2. The van der Waals surface area contributed by atoms with Crippen molar-refractivity contribution < 1.29 is 29.1 Å². The fourth-order valence-electron chi connectivity index (χ4n) is 4.55. The Morgan fingerprint density at radius 1 is 1.06 bits per heavy atom. The molecule has 2 heterocycles. The molecule has 1 unspecified atom stereocenters. The number of primary amides is 2. The summed E-state index contributed by atoms with van der Waals surface area (Å²) in [5, 5.41) is 24.5. The summed E-state index contributed by atoms with van der Waals surface area (Å²) >= 11 is 0. The van der Waals surface area contributed by atoms with Crippen molar-refractivity contribution in [2.75, 3.05) is 26.3 Å². The highest BCUT2D eigenvalue weighted by atomic mass is 16.5. The number of amides is 2. The Balaban J connectivity index is 1.71. The summed E-state index contributed by atoms with van der Waals surface area (Å²) in [5.41, 5.74) is 14.1. The molecule has 1 saturated heterocycles. The summed E-state index contributed by atoms with van der Waals surface area (Å²) in [5.74, 6) is -0.974. The highest BCUT2D eigenvalue weighted by molar-refractivity contribution is 5.98. The SMILES string of the molecule is CC(C)c1cc(Cc2onc(C(N)=O)c2-c2ccc(C(C(N)=O)N3CCOCC3)cc2)c(O)cc1O. The summed E-state index contributed by atoms with van der Waals surface area (Å²) < 4.78 is 10.9. The second kappa shape index (κ2) is 10.4. The molecule has 0 bridgehead atoms. The minimum atomic E-state index is -0.759. The lowest BCUT2D eigenvalue weighted by Gasteiger charge is -2.32. The van der Waals surface area contributed by atoms with Gasteiger partial charge >= 0.3 is 0 Å². The molecule has 3 aromatic rings. The van der Waals surface area contributed by atoms with E-state index in [9.17, 15) is 19.8 Å². The highest BCUT2D eigenvalue weighted by Gasteiger charge is 2.28. The third kappa shape index (κ3) is 5.05. The number of nitrogens with zero attached hydrogens (tertiary/aromatic N) is 2. The zero-order valence-corrected chi connectivity index (χ0v) is 20.2. The molecular weight excluding hydrogens is 464 g/mol. The molecule has 0 aliphatic carbocycles. The maximum absolute atomic E-state index is 12.3. The number of morpholine rings is 1. The van der Waals surface area contributed by atoms with Crippen molar-refractivity contribution in [3.8, 4) is 22.6 Å². The van der Waals surface area contributed by atoms with Crippen LogP contribution in [-0.4, -0.2) is 58.4 Å². The second-order valence-electron chi connectivity index (χ2n) is 9.14. The monoisotopic (exact) mass is 494 g/mol. The van der Waals surface area contributed by atoms with E-state index in [0.717, 1.165) is 0 Å². The Morgan fingerprint density at radius 2 is 1.72 bits per heavy atom. The number of aromatic hydroxyl groups is 2. The molecule has 1 aliphatic heterocycles. The first-order valence-corrected chi connectivity index (χ1v) is 11.7. The normalized spacial score (nSPS) is 15.2. The minimum Gasteiger partial charge on any atom is -0.508 e. The number of carbonyl (C=O) groups excluding carboxylic acids is 2. The summed E-state index contributed by atoms with van der Waals surface area (Å²) in [6.45, 7) is 6.08. The Hall–Kier alpha value is -3.89. The Labute approximate surface area is 208 Å². The first kappa shape index (κ1) is 25.2. The first-order chi connectivity index (χ1) is 17.2. The average Bonchev–Trinajstić information content (AvgIpc) is 3.25. The van der Waals surface area contributed by atoms with Crippen molar-refractivity contribution in [2.24, 2.45) is 11.5 Å². The van der Waals surface area contributed by atoms with Gasteiger partial charge in [0.05, 0.1) is 18.8 Å². The molecule has 6 N–H and O–H groups in total. The van der Waals surface area contributed by atoms with Gasteiger partial charge in [-0.05, 0) is 28.7 Å². The molecule has 190 valence electrons. The molecule has 0 saturated carbocycles. The van der Waals surface area contributed by atoms with Crippen LogP contribution in [0.3, 0.4) is 0 Å². The van der Waals surface area contributed by atoms with E-state index in [1.165, 1.54) is 6.07 Å². The number of aromatic nitrogens is 1. The van der Waals surface area contributed by atoms with E-state index in [1.54, 1.807) is 30.3 Å². The minimum absolute atomic E-state index is 0.00160. The number of nitrogens with two attached hydrogens (primary N) is 2. The molecule has 1 aliphatic rings. The van der Waals surface area contributed by atoms with Gasteiger partial charge in [-0.15, -0.1) is 0 Å². The Bertz CT molecular complexity index is 1260.